The molecule has 0 amide bonds. The minimum atomic E-state index is -7.45. The van der Waals surface area contributed by atoms with Gasteiger partial charge in [-0.15, -0.1) is 0 Å². The maximum absolute atomic E-state index is 14.7. The van der Waals surface area contributed by atoms with Crippen LogP contribution < -0.4 is 104 Å². The molecular formula is C74H92F5N10Na3O16S4Si3+2. The molecule has 0 bridgehead atoms. The molecule has 1 spiro atoms. The van der Waals surface area contributed by atoms with E-state index in [-0.39, 0.29) is 158 Å². The molecule has 0 radical (unpaired) electrons. The van der Waals surface area contributed by atoms with Gasteiger partial charge in [-0.3, -0.25) is 4.79 Å². The van der Waals surface area contributed by atoms with Gasteiger partial charge in [0.05, 0.1) is 0 Å². The summed E-state index contributed by atoms with van der Waals surface area (Å²) in [5, 5.41) is 2.90. The first-order valence-electron chi connectivity index (χ1n) is 37.9. The first-order chi connectivity index (χ1) is 52.8. The monoisotopic (exact) mass is 1750 g/mol. The first-order valence-corrected chi connectivity index (χ1v) is 53.1. The third-order valence-electron chi connectivity index (χ3n) is 22.8. The van der Waals surface area contributed by atoms with E-state index in [1.54, 1.807) is 0 Å². The van der Waals surface area contributed by atoms with Gasteiger partial charge in [-0.25, -0.2) is 13.2 Å². The number of hydrogen-bond acceptors (Lipinski definition) is 18. The molecule has 2 N–H and O–H groups in total. The summed E-state index contributed by atoms with van der Waals surface area (Å²) in [4.78, 5) is 36.5. The van der Waals surface area contributed by atoms with E-state index in [1.807, 2.05) is 97.1 Å². The first kappa shape index (κ1) is 93.0. The molecule has 13 rings (SSSR count). The van der Waals surface area contributed by atoms with Gasteiger partial charge in [-0.05, 0) is 0 Å². The number of nitrogens with zero attached hydrogens (tertiary/aromatic N) is 10. The Balaban J connectivity index is 0.00000466. The molecule has 606 valence electrons. The summed E-state index contributed by atoms with van der Waals surface area (Å²) in [6.45, 7) is 15.9. The molecule has 6 aliphatic rings. The summed E-state index contributed by atoms with van der Waals surface area (Å²) >= 11 is 0. The summed E-state index contributed by atoms with van der Waals surface area (Å²) in [5.41, 5.74) is 3.85. The van der Waals surface area contributed by atoms with E-state index in [0.717, 1.165) is 43.8 Å². The molecule has 2 unspecified atom stereocenters. The molecule has 2 aromatic heterocycles. The van der Waals surface area contributed by atoms with E-state index in [2.05, 4.69) is 50.1 Å². The molecule has 5 aromatic carbocycles. The molecule has 7 aromatic rings. The fourth-order valence-corrected chi connectivity index (χ4v) is 42.9. The van der Waals surface area contributed by atoms with Gasteiger partial charge in [0.25, 0.3) is 0 Å². The third-order valence-corrected chi connectivity index (χ3v) is 42.7. The number of carbonyl (C=O) groups is 1. The van der Waals surface area contributed by atoms with Crippen molar-refractivity contribution in [3.8, 4) is 5.75 Å². The van der Waals surface area contributed by atoms with Gasteiger partial charge in [-0.1, -0.05) is 0 Å². The van der Waals surface area contributed by atoms with Crippen LogP contribution in [-0.2, 0) is 53.5 Å². The summed E-state index contributed by atoms with van der Waals surface area (Å²) in [5.74, 6) is -14.1. The Morgan fingerprint density at radius 1 is 0.461 bits per heavy atom. The maximum atomic E-state index is 14.7. The number of amidine groups is 4. The predicted octanol–water partition coefficient (Wildman–Crippen LogP) is 1.66. The third kappa shape index (κ3) is 17.5. The fourth-order valence-electron chi connectivity index (χ4n) is 18.4. The zero-order valence-corrected chi connectivity index (χ0v) is 78.0. The number of rotatable bonds is 42. The van der Waals surface area contributed by atoms with Crippen molar-refractivity contribution in [1.29, 1.82) is 0 Å². The Hall–Kier alpha value is -4.29. The maximum Gasteiger partial charge on any atom is 1.00 e. The molecular weight excluding hydrogens is 1660 g/mol. The number of esters is 1. The van der Waals surface area contributed by atoms with Crippen molar-refractivity contribution in [3.63, 3.8) is 0 Å². The largest absolute Gasteiger partial charge is 1.00 e. The summed E-state index contributed by atoms with van der Waals surface area (Å²) < 4.78 is 246. The molecule has 41 heteroatoms. The molecule has 0 aliphatic carbocycles. The number of aromatic nitrogens is 2. The Morgan fingerprint density at radius 3 is 1.18 bits per heavy atom. The molecule has 8 heterocycles. The summed E-state index contributed by atoms with van der Waals surface area (Å²) in [6, 6.07) is 32.4. The zero-order valence-electron chi connectivity index (χ0n) is 65.8. The van der Waals surface area contributed by atoms with Crippen LogP contribution in [0.3, 0.4) is 0 Å². The van der Waals surface area contributed by atoms with Crippen LogP contribution >= 0.6 is 0 Å². The number of carbonyl (C=O) groups excluding carboxylic acids is 1. The SMILES string of the molecule is [CH2-]CCC[N+](CCCCS(=O)(=O)[O-])(CCCCS(=O)(=O)O)CCC[Si](C)(C)O[Si-2]123(O[Si](C)(C)CCC[N+](CCCCCC(=O)Oc4c(F)c(F)c(F)c(F)c4F)(CCCCS(=O)(=O)[O-])CCCCS(=O)(=O)O)n4c5c6ccccc6c4N=C4c6ccccc6C(=[N+]41)N=c1c4ccccc4c(n12)=NC1=[N+]3C(=N5)c2ccccc21.[Na+].[Na+].[Na+]. The number of hydrogen-bond donors (Lipinski definition) is 2. The minimum Gasteiger partial charge on any atom is 1.00 e. The van der Waals surface area contributed by atoms with Crippen LogP contribution in [0, 0.1) is 36.0 Å². The van der Waals surface area contributed by atoms with Crippen molar-refractivity contribution in [1.82, 2.24) is 8.47 Å². The molecule has 0 saturated heterocycles. The molecule has 26 nitrogen and oxygen atoms in total. The number of ether oxygens (including phenoxy) is 1. The number of fused-ring (bicyclic) bond motifs is 12. The van der Waals surface area contributed by atoms with Crippen molar-refractivity contribution < 1.29 is 198 Å². The van der Waals surface area contributed by atoms with Gasteiger partial charge in [0.15, 0.2) is 0 Å². The second-order valence-corrected chi connectivity index (χ2v) is 52.2. The van der Waals surface area contributed by atoms with Crippen LogP contribution in [0.1, 0.15) is 125 Å². The van der Waals surface area contributed by atoms with Crippen molar-refractivity contribution in [2.24, 2.45) is 20.0 Å². The number of quaternary nitrogens is 2. The predicted molar refractivity (Wildman–Crippen MR) is 416 cm³/mol. The van der Waals surface area contributed by atoms with Gasteiger partial charge < -0.3 is 4.74 Å². The Labute approximate surface area is 734 Å². The van der Waals surface area contributed by atoms with Gasteiger partial charge in [0, 0.05) is 0 Å². The molecule has 6 aliphatic heterocycles. The summed E-state index contributed by atoms with van der Waals surface area (Å²) in [6.07, 6.45) is 3.51. The van der Waals surface area contributed by atoms with Crippen LogP contribution in [0.15, 0.2) is 117 Å². The van der Waals surface area contributed by atoms with E-state index in [0.29, 0.717) is 147 Å². The van der Waals surface area contributed by atoms with Crippen molar-refractivity contribution in [2.75, 3.05) is 75.4 Å². The van der Waals surface area contributed by atoms with Crippen LogP contribution in [-0.4, -0.2) is 207 Å². The van der Waals surface area contributed by atoms with E-state index in [1.165, 1.54) is 0 Å². The fraction of sp³-hybridized carbons (Fsp3) is 0.459. The van der Waals surface area contributed by atoms with E-state index < -0.39 is 135 Å². The average molecular weight is 1750 g/mol. The van der Waals surface area contributed by atoms with E-state index >= 15 is 0 Å². The normalized spacial score (nSPS) is 17.4. The van der Waals surface area contributed by atoms with Crippen molar-refractivity contribution >= 4 is 127 Å². The van der Waals surface area contributed by atoms with Crippen LogP contribution in [0.5, 0.6) is 5.75 Å². The van der Waals surface area contributed by atoms with Gasteiger partial charge in [-0.2, -0.15) is 8.78 Å². The van der Waals surface area contributed by atoms with E-state index in [9.17, 15) is 86.9 Å². The molecule has 0 saturated carbocycles. The average Bonchev–Trinajstić information content (AvgIpc) is 1.47. The quantitative estimate of drug-likeness (QED) is 0.00525. The van der Waals surface area contributed by atoms with Gasteiger partial charge in [0.2, 0.25) is 34.8 Å². The van der Waals surface area contributed by atoms with Crippen LogP contribution in [0.4, 0.5) is 33.6 Å². The topological polar surface area (TPSA) is 333 Å². The second kappa shape index (κ2) is 34.9. The van der Waals surface area contributed by atoms with E-state index in [4.69, 9.17) is 24.7 Å². The number of unbranched alkanes of at least 4 members (excludes halogenated alkanes) is 7. The molecule has 0 fully saturated rings. The van der Waals surface area contributed by atoms with Crippen LogP contribution in [0.2, 0.25) is 38.3 Å². The van der Waals surface area contributed by atoms with Crippen molar-refractivity contribution in [2.45, 2.75) is 141 Å². The number of halogens is 5. The van der Waals surface area contributed by atoms with Crippen molar-refractivity contribution in [3.05, 3.63) is 166 Å². The Morgan fingerprint density at radius 2 is 0.800 bits per heavy atom. The van der Waals surface area contributed by atoms with Gasteiger partial charge >= 0.3 is 676 Å². The van der Waals surface area contributed by atoms with Gasteiger partial charge in [0.1, 0.15) is 0 Å². The second-order valence-electron chi connectivity index (χ2n) is 31.7. The smallest absolute Gasteiger partial charge is 1.00 e. The number of benzene rings is 5. The Bertz CT molecular complexity index is 5520. The standard InChI is InChI=1S/C74H93F5N10O16S4Si3.3Na/c1-6-7-38-88(40-19-23-46-106(91,92)93,41-20-24-47-107(94,95)96)44-27-50-110(2,3)104-112(105-111(4,5)51-28-45-89(42-21-25-48-108(97,98)99,43-22-26-49-109(100,101)102)39-18-8-9-37-60(90)103-66-64(78)62(76)61(75)63(77)65(66)79)84-67-52-29-10-11-30-53(52)68(84)81-70-56-33-14-15-34-57(56)72(86(70)112)83-74-59-36-17-16-35-58(59)73(87(74)112)82-71-55-32-13-12-31-54(55)69(80-67)85(71)112;;;/h10-17,29-36H,1,6-9,18-28,37-51H2,2-5H3,(H3-,91,92,93,94,95,96,97,98,99,100,101,102);;;/q;3*+1/p-1. The summed E-state index contributed by atoms with van der Waals surface area (Å²) in [7, 11) is -33.0. The van der Waals surface area contributed by atoms with Crippen LogP contribution in [0.25, 0.3) is 21.5 Å². The molecule has 2 atom stereocenters. The zero-order chi connectivity index (χ0) is 80.5. The number of aliphatic imine (C=N–C) groups is 2. The Kier molecular flexibility index (Phi) is 28.2. The minimum absolute atomic E-state index is 0. The molecule has 115 heavy (non-hydrogen) atoms.